The second kappa shape index (κ2) is 3.21. The average molecular weight is 232 g/mol. The van der Waals surface area contributed by atoms with Crippen LogP contribution in [0.4, 0.5) is 0 Å². The number of aromatic amines is 1. The summed E-state index contributed by atoms with van der Waals surface area (Å²) in [7, 11) is 0. The van der Waals surface area contributed by atoms with E-state index in [1.165, 1.54) is 6.07 Å². The van der Waals surface area contributed by atoms with Gasteiger partial charge >= 0.3 is 5.97 Å². The number of carboxylic acids is 1. The molecule has 3 aromatic rings. The molecule has 0 amide bonds. The molecule has 0 bridgehead atoms. The van der Waals surface area contributed by atoms with Crippen molar-refractivity contribution in [1.82, 2.24) is 19.5 Å². The lowest BCUT2D eigenvalue weighted by molar-refractivity contribution is 0.0652. The van der Waals surface area contributed by atoms with Crippen molar-refractivity contribution in [2.45, 2.75) is 6.92 Å². The Kier molecular flexibility index (Phi) is 1.82. The molecular weight excluding hydrogens is 224 g/mol. The minimum atomic E-state index is -1.15. The molecule has 2 N–H and O–H groups in total. The van der Waals surface area contributed by atoms with Crippen molar-refractivity contribution in [3.63, 3.8) is 0 Å². The van der Waals surface area contributed by atoms with E-state index < -0.39 is 5.97 Å². The molecule has 3 rings (SSSR count). The number of carboxylic acid groups (broad SMARTS) is 1. The number of nitrogens with one attached hydrogen (secondary N) is 1. The fourth-order valence-electron chi connectivity index (χ4n) is 1.62. The van der Waals surface area contributed by atoms with Crippen molar-refractivity contribution < 1.29 is 14.4 Å². The van der Waals surface area contributed by atoms with E-state index >= 15 is 0 Å². The first-order valence-electron chi connectivity index (χ1n) is 4.88. The van der Waals surface area contributed by atoms with Crippen LogP contribution in [0.15, 0.2) is 23.0 Å². The Morgan fingerprint density at radius 1 is 1.47 bits per heavy atom. The monoisotopic (exact) mass is 232 g/mol. The van der Waals surface area contributed by atoms with Gasteiger partial charge in [0, 0.05) is 24.2 Å². The lowest BCUT2D eigenvalue weighted by atomic mass is 10.3. The van der Waals surface area contributed by atoms with Crippen molar-refractivity contribution in [3.05, 3.63) is 29.9 Å². The van der Waals surface area contributed by atoms with Crippen LogP contribution in [0.5, 0.6) is 0 Å². The van der Waals surface area contributed by atoms with Crippen LogP contribution in [0, 0.1) is 6.92 Å². The van der Waals surface area contributed by atoms with Crippen LogP contribution >= 0.6 is 0 Å². The second-order valence-electron chi connectivity index (χ2n) is 3.68. The molecule has 0 aliphatic heterocycles. The average Bonchev–Trinajstić information content (AvgIpc) is 2.87. The standard InChI is InChI=1S/C10H8N4O3/c1-5-3-14-4-7(12-10(14)11-5)6-2-8(9(15)16)17-13-6/h2-4H,1H3,(H,11,12)(H,15,16). The molecule has 0 aliphatic carbocycles. The first kappa shape index (κ1) is 9.64. The van der Waals surface area contributed by atoms with Gasteiger partial charge in [0.15, 0.2) is 0 Å². The molecule has 3 aromatic heterocycles. The number of aromatic nitrogens is 4. The Morgan fingerprint density at radius 3 is 2.94 bits per heavy atom. The van der Waals surface area contributed by atoms with Gasteiger partial charge in [0.05, 0.1) is 0 Å². The predicted octanol–water partition coefficient (Wildman–Crippen LogP) is 1.32. The normalized spacial score (nSPS) is 11.1. The third-order valence-corrected chi connectivity index (χ3v) is 2.36. The lowest BCUT2D eigenvalue weighted by Crippen LogP contribution is -1.91. The third kappa shape index (κ3) is 1.48. The summed E-state index contributed by atoms with van der Waals surface area (Å²) in [6.45, 7) is 1.92. The summed E-state index contributed by atoms with van der Waals surface area (Å²) in [5.74, 6) is -0.672. The number of H-pyrrole nitrogens is 1. The van der Waals surface area contributed by atoms with Gasteiger partial charge in [-0.15, -0.1) is 0 Å². The summed E-state index contributed by atoms with van der Waals surface area (Å²) in [4.78, 5) is 18.0. The van der Waals surface area contributed by atoms with Crippen LogP contribution in [0.2, 0.25) is 0 Å². The largest absolute Gasteiger partial charge is 0.475 e. The number of hydrogen-bond donors (Lipinski definition) is 2. The molecule has 0 fully saturated rings. The molecule has 0 saturated carbocycles. The molecule has 0 unspecified atom stereocenters. The first-order chi connectivity index (χ1) is 8.13. The molecular formula is C10H8N4O3. The van der Waals surface area contributed by atoms with Crippen LogP contribution in [0.3, 0.4) is 0 Å². The number of rotatable bonds is 2. The van der Waals surface area contributed by atoms with E-state index in [9.17, 15) is 4.79 Å². The molecule has 0 atom stereocenters. The summed E-state index contributed by atoms with van der Waals surface area (Å²) in [6, 6.07) is 1.34. The van der Waals surface area contributed by atoms with Gasteiger partial charge in [0.2, 0.25) is 11.5 Å². The van der Waals surface area contributed by atoms with Crippen LogP contribution in [0.1, 0.15) is 16.2 Å². The molecule has 3 heterocycles. The highest BCUT2D eigenvalue weighted by Gasteiger charge is 2.15. The zero-order valence-corrected chi connectivity index (χ0v) is 8.84. The van der Waals surface area contributed by atoms with E-state index in [2.05, 4.69) is 19.6 Å². The Morgan fingerprint density at radius 2 is 2.29 bits per heavy atom. The van der Waals surface area contributed by atoms with Crippen molar-refractivity contribution in [2.24, 2.45) is 0 Å². The molecule has 0 spiro atoms. The summed E-state index contributed by atoms with van der Waals surface area (Å²) in [5.41, 5.74) is 1.95. The van der Waals surface area contributed by atoms with Gasteiger partial charge in [-0.2, -0.15) is 0 Å². The number of fused-ring (bicyclic) bond motifs is 1. The molecule has 0 aliphatic rings. The Balaban J connectivity index is 2.07. The fraction of sp³-hybridized carbons (Fsp3) is 0.100. The molecule has 86 valence electrons. The summed E-state index contributed by atoms with van der Waals surface area (Å²) >= 11 is 0. The first-order valence-corrected chi connectivity index (χ1v) is 4.88. The van der Waals surface area contributed by atoms with Gasteiger partial charge < -0.3 is 14.6 Å². The van der Waals surface area contributed by atoms with E-state index in [0.717, 1.165) is 5.69 Å². The van der Waals surface area contributed by atoms with Gasteiger partial charge in [0.25, 0.3) is 0 Å². The van der Waals surface area contributed by atoms with Gasteiger partial charge in [0.1, 0.15) is 11.4 Å². The third-order valence-electron chi connectivity index (χ3n) is 2.36. The highest BCUT2D eigenvalue weighted by molar-refractivity contribution is 5.85. The van der Waals surface area contributed by atoms with Gasteiger partial charge in [-0.3, -0.25) is 4.40 Å². The Bertz CT molecular complexity index is 675. The smallest absolute Gasteiger partial charge is 0.374 e. The number of imidazole rings is 2. The maximum atomic E-state index is 10.6. The van der Waals surface area contributed by atoms with E-state index in [1.54, 1.807) is 10.6 Å². The van der Waals surface area contributed by atoms with Gasteiger partial charge in [-0.25, -0.2) is 9.78 Å². The second-order valence-corrected chi connectivity index (χ2v) is 3.68. The Labute approximate surface area is 94.7 Å². The van der Waals surface area contributed by atoms with Gasteiger partial charge in [-0.05, 0) is 6.92 Å². The number of aromatic carboxylic acids is 1. The maximum Gasteiger partial charge on any atom is 0.374 e. The van der Waals surface area contributed by atoms with Crippen molar-refractivity contribution in [3.8, 4) is 11.4 Å². The summed E-state index contributed by atoms with van der Waals surface area (Å²) in [6.07, 6.45) is 3.63. The summed E-state index contributed by atoms with van der Waals surface area (Å²) in [5, 5.41) is 12.4. The zero-order chi connectivity index (χ0) is 12.0. The number of aryl methyl sites for hydroxylation is 1. The number of nitrogens with zero attached hydrogens (tertiary/aromatic N) is 3. The number of carbonyl (C=O) groups is 1. The van der Waals surface area contributed by atoms with E-state index in [1.807, 2.05) is 13.1 Å². The molecule has 7 heteroatoms. The lowest BCUT2D eigenvalue weighted by Gasteiger charge is -1.83. The predicted molar refractivity (Wildman–Crippen MR) is 56.7 cm³/mol. The molecule has 0 aromatic carbocycles. The highest BCUT2D eigenvalue weighted by Crippen LogP contribution is 2.19. The topological polar surface area (TPSA) is 96.4 Å². The highest BCUT2D eigenvalue weighted by atomic mass is 16.5. The van der Waals surface area contributed by atoms with E-state index in [-0.39, 0.29) is 5.76 Å². The van der Waals surface area contributed by atoms with Gasteiger partial charge in [-0.1, -0.05) is 5.16 Å². The van der Waals surface area contributed by atoms with E-state index in [0.29, 0.717) is 17.2 Å². The maximum absolute atomic E-state index is 10.6. The number of hydrogen-bond acceptors (Lipinski definition) is 4. The molecule has 0 radical (unpaired) electrons. The molecule has 0 saturated heterocycles. The van der Waals surface area contributed by atoms with Crippen LogP contribution in [0.25, 0.3) is 17.2 Å². The fourth-order valence-corrected chi connectivity index (χ4v) is 1.62. The molecule has 7 nitrogen and oxygen atoms in total. The minimum Gasteiger partial charge on any atom is -0.475 e. The van der Waals surface area contributed by atoms with Crippen molar-refractivity contribution >= 4 is 11.7 Å². The molecule has 17 heavy (non-hydrogen) atoms. The minimum absolute atomic E-state index is 0.201. The van der Waals surface area contributed by atoms with Crippen LogP contribution in [-0.2, 0) is 0 Å². The quantitative estimate of drug-likeness (QED) is 0.694. The summed E-state index contributed by atoms with van der Waals surface area (Å²) < 4.78 is 6.47. The van der Waals surface area contributed by atoms with Crippen LogP contribution in [-0.4, -0.2) is 30.6 Å². The SMILES string of the molecule is Cc1cn2cc(-c3cc(C(=O)O)on3)nc2[nH]1. The van der Waals surface area contributed by atoms with Crippen molar-refractivity contribution in [2.75, 3.05) is 0 Å². The van der Waals surface area contributed by atoms with E-state index in [4.69, 9.17) is 5.11 Å². The van der Waals surface area contributed by atoms with Crippen LogP contribution < -0.4 is 0 Å². The Hall–Kier alpha value is -2.57. The van der Waals surface area contributed by atoms with Crippen molar-refractivity contribution in [1.29, 1.82) is 0 Å². The zero-order valence-electron chi connectivity index (χ0n) is 8.84.